The van der Waals surface area contributed by atoms with E-state index in [0.717, 1.165) is 16.7 Å². The highest BCUT2D eigenvalue weighted by molar-refractivity contribution is 5.83. The number of methoxy groups -OCH3 is 1. The monoisotopic (exact) mass is 253 g/mol. The second-order valence-corrected chi connectivity index (χ2v) is 4.47. The van der Waals surface area contributed by atoms with Crippen LogP contribution in [-0.4, -0.2) is 12.2 Å². The highest BCUT2D eigenvalue weighted by Crippen LogP contribution is 2.41. The minimum absolute atomic E-state index is 0.114. The number of phenols is 1. The summed E-state index contributed by atoms with van der Waals surface area (Å²) in [5.41, 5.74) is 3.79. The lowest BCUT2D eigenvalue weighted by molar-refractivity contribution is 0.410. The Hall–Kier alpha value is -2.47. The average Bonchev–Trinajstić information content (AvgIpc) is 2.38. The summed E-state index contributed by atoms with van der Waals surface area (Å²) in [6, 6.07) is 11.1. The number of aryl methyl sites for hydroxylation is 2. The molecule has 0 radical (unpaired) electrons. The Morgan fingerprint density at radius 2 is 1.89 bits per heavy atom. The predicted molar refractivity (Wildman–Crippen MR) is 74.3 cm³/mol. The molecular weight excluding hydrogens is 238 g/mol. The van der Waals surface area contributed by atoms with Gasteiger partial charge in [0.25, 0.3) is 0 Å². The molecular formula is C16H15NO2. The van der Waals surface area contributed by atoms with E-state index in [9.17, 15) is 10.4 Å². The molecule has 0 aliphatic rings. The van der Waals surface area contributed by atoms with Crippen molar-refractivity contribution in [2.45, 2.75) is 13.8 Å². The molecule has 0 aliphatic heterocycles. The maximum Gasteiger partial charge on any atom is 0.130 e. The SMILES string of the molecule is COc1cccc(O)c1-c1c(C)cc(C)cc1C#N. The third-order valence-electron chi connectivity index (χ3n) is 3.07. The number of rotatable bonds is 2. The molecule has 0 bridgehead atoms. The van der Waals surface area contributed by atoms with Gasteiger partial charge in [-0.25, -0.2) is 0 Å². The van der Waals surface area contributed by atoms with E-state index in [1.165, 1.54) is 0 Å². The van der Waals surface area contributed by atoms with Crippen LogP contribution < -0.4 is 4.74 Å². The van der Waals surface area contributed by atoms with Gasteiger partial charge >= 0.3 is 0 Å². The fourth-order valence-electron chi connectivity index (χ4n) is 2.33. The van der Waals surface area contributed by atoms with Gasteiger partial charge in [0.15, 0.2) is 0 Å². The minimum atomic E-state index is 0.114. The maximum atomic E-state index is 10.1. The Labute approximate surface area is 112 Å². The summed E-state index contributed by atoms with van der Waals surface area (Å²) >= 11 is 0. The lowest BCUT2D eigenvalue weighted by Gasteiger charge is -2.15. The molecule has 0 fully saturated rings. The summed E-state index contributed by atoms with van der Waals surface area (Å²) in [7, 11) is 1.55. The lowest BCUT2D eigenvalue weighted by Crippen LogP contribution is -1.95. The molecule has 96 valence electrons. The van der Waals surface area contributed by atoms with E-state index in [4.69, 9.17) is 4.74 Å². The van der Waals surface area contributed by atoms with Crippen LogP contribution in [0.2, 0.25) is 0 Å². The fourth-order valence-corrected chi connectivity index (χ4v) is 2.33. The van der Waals surface area contributed by atoms with Crippen molar-refractivity contribution in [2.24, 2.45) is 0 Å². The van der Waals surface area contributed by atoms with Crippen molar-refractivity contribution >= 4 is 0 Å². The molecule has 19 heavy (non-hydrogen) atoms. The predicted octanol–water partition coefficient (Wildman–Crippen LogP) is 3.56. The number of nitriles is 1. The Kier molecular flexibility index (Phi) is 3.43. The molecule has 0 atom stereocenters. The van der Waals surface area contributed by atoms with E-state index in [0.29, 0.717) is 16.9 Å². The van der Waals surface area contributed by atoms with Crippen LogP contribution >= 0.6 is 0 Å². The Morgan fingerprint density at radius 3 is 2.53 bits per heavy atom. The van der Waals surface area contributed by atoms with Crippen molar-refractivity contribution in [3.05, 3.63) is 47.0 Å². The smallest absolute Gasteiger partial charge is 0.130 e. The van der Waals surface area contributed by atoms with E-state index in [1.54, 1.807) is 25.3 Å². The van der Waals surface area contributed by atoms with Gasteiger partial charge in [0.2, 0.25) is 0 Å². The third kappa shape index (κ3) is 2.25. The van der Waals surface area contributed by atoms with Crippen LogP contribution in [0.4, 0.5) is 0 Å². The summed E-state index contributed by atoms with van der Waals surface area (Å²) < 4.78 is 5.30. The quantitative estimate of drug-likeness (QED) is 0.890. The van der Waals surface area contributed by atoms with Crippen LogP contribution in [0.3, 0.4) is 0 Å². The number of nitrogens with zero attached hydrogens (tertiary/aromatic N) is 1. The fraction of sp³-hybridized carbons (Fsp3) is 0.188. The molecule has 2 aromatic rings. The second kappa shape index (κ2) is 5.03. The minimum Gasteiger partial charge on any atom is -0.507 e. The maximum absolute atomic E-state index is 10.1. The van der Waals surface area contributed by atoms with Gasteiger partial charge in [-0.15, -0.1) is 0 Å². The first-order valence-corrected chi connectivity index (χ1v) is 5.96. The van der Waals surface area contributed by atoms with Gasteiger partial charge < -0.3 is 9.84 Å². The van der Waals surface area contributed by atoms with E-state index in [1.807, 2.05) is 26.0 Å². The zero-order chi connectivity index (χ0) is 14.0. The highest BCUT2D eigenvalue weighted by atomic mass is 16.5. The van der Waals surface area contributed by atoms with Crippen molar-refractivity contribution in [1.29, 1.82) is 5.26 Å². The molecule has 3 heteroatoms. The topological polar surface area (TPSA) is 53.2 Å². The van der Waals surface area contributed by atoms with E-state index >= 15 is 0 Å². The first kappa shape index (κ1) is 13.0. The molecule has 0 amide bonds. The van der Waals surface area contributed by atoms with Crippen LogP contribution in [0.15, 0.2) is 30.3 Å². The standard InChI is InChI=1S/C16H15NO2/c1-10-7-11(2)15(12(8-10)9-17)16-13(18)5-4-6-14(16)19-3/h4-8,18H,1-3H3. The highest BCUT2D eigenvalue weighted by Gasteiger charge is 2.17. The lowest BCUT2D eigenvalue weighted by atomic mass is 9.92. The van der Waals surface area contributed by atoms with Crippen LogP contribution in [0.5, 0.6) is 11.5 Å². The molecule has 3 nitrogen and oxygen atoms in total. The van der Waals surface area contributed by atoms with Crippen LogP contribution in [0.1, 0.15) is 16.7 Å². The third-order valence-corrected chi connectivity index (χ3v) is 3.07. The molecule has 0 heterocycles. The second-order valence-electron chi connectivity index (χ2n) is 4.47. The summed E-state index contributed by atoms with van der Waals surface area (Å²) in [5.74, 6) is 0.672. The molecule has 1 N–H and O–H groups in total. The molecule has 0 spiro atoms. The molecule has 0 saturated carbocycles. The Bertz CT molecular complexity index is 669. The Morgan fingerprint density at radius 1 is 1.16 bits per heavy atom. The van der Waals surface area contributed by atoms with E-state index in [2.05, 4.69) is 6.07 Å². The van der Waals surface area contributed by atoms with E-state index in [-0.39, 0.29) is 5.75 Å². The van der Waals surface area contributed by atoms with Gasteiger partial charge in [-0.05, 0) is 43.2 Å². The van der Waals surface area contributed by atoms with Gasteiger partial charge in [0, 0.05) is 5.56 Å². The zero-order valence-corrected chi connectivity index (χ0v) is 11.2. The van der Waals surface area contributed by atoms with Crippen molar-refractivity contribution in [2.75, 3.05) is 7.11 Å². The molecule has 0 aliphatic carbocycles. The van der Waals surface area contributed by atoms with Gasteiger partial charge in [-0.2, -0.15) is 5.26 Å². The van der Waals surface area contributed by atoms with Crippen molar-refractivity contribution < 1.29 is 9.84 Å². The number of hydrogen-bond acceptors (Lipinski definition) is 3. The largest absolute Gasteiger partial charge is 0.507 e. The van der Waals surface area contributed by atoms with Gasteiger partial charge in [0.05, 0.1) is 24.3 Å². The Balaban J connectivity index is 2.84. The number of ether oxygens (including phenoxy) is 1. The summed E-state index contributed by atoms with van der Waals surface area (Å²) in [6.07, 6.45) is 0. The molecule has 0 aromatic heterocycles. The van der Waals surface area contributed by atoms with Crippen LogP contribution in [0.25, 0.3) is 11.1 Å². The van der Waals surface area contributed by atoms with Gasteiger partial charge in [-0.3, -0.25) is 0 Å². The van der Waals surface area contributed by atoms with Crippen LogP contribution in [-0.2, 0) is 0 Å². The first-order chi connectivity index (χ1) is 9.08. The van der Waals surface area contributed by atoms with Crippen molar-refractivity contribution in [3.63, 3.8) is 0 Å². The van der Waals surface area contributed by atoms with E-state index < -0.39 is 0 Å². The number of hydrogen-bond donors (Lipinski definition) is 1. The molecule has 2 rings (SSSR count). The van der Waals surface area contributed by atoms with Crippen molar-refractivity contribution in [3.8, 4) is 28.7 Å². The molecule has 0 saturated heterocycles. The van der Waals surface area contributed by atoms with Gasteiger partial charge in [0.1, 0.15) is 11.5 Å². The van der Waals surface area contributed by atoms with Gasteiger partial charge in [-0.1, -0.05) is 12.1 Å². The average molecular weight is 253 g/mol. The van der Waals surface area contributed by atoms with Crippen LogP contribution in [0, 0.1) is 25.2 Å². The first-order valence-electron chi connectivity index (χ1n) is 5.96. The molecule has 0 unspecified atom stereocenters. The number of aromatic hydroxyl groups is 1. The number of phenolic OH excluding ortho intramolecular Hbond substituents is 1. The summed E-state index contributed by atoms with van der Waals surface area (Å²) in [4.78, 5) is 0. The summed E-state index contributed by atoms with van der Waals surface area (Å²) in [6.45, 7) is 3.87. The normalized spacial score (nSPS) is 10.0. The zero-order valence-electron chi connectivity index (χ0n) is 11.2. The summed E-state index contributed by atoms with van der Waals surface area (Å²) in [5, 5.41) is 19.4. The number of benzene rings is 2. The van der Waals surface area contributed by atoms with Crippen molar-refractivity contribution in [1.82, 2.24) is 0 Å². The molecule has 2 aromatic carbocycles.